The molecule has 3 unspecified atom stereocenters. The van der Waals surface area contributed by atoms with Crippen LogP contribution in [-0.4, -0.2) is 97.2 Å². The molecule has 1 saturated heterocycles. The Morgan fingerprint density at radius 1 is 0.870 bits per heavy atom. The fraction of sp³-hybridized carbons (Fsp3) is 0.765. The summed E-state index contributed by atoms with van der Waals surface area (Å²) in [5.74, 6) is -1.25. The van der Waals surface area contributed by atoms with Crippen LogP contribution in [0, 0.1) is 0 Å². The van der Waals surface area contributed by atoms with E-state index < -0.39 is 48.6 Å². The summed E-state index contributed by atoms with van der Waals surface area (Å²) >= 11 is 0. The first-order valence-electron chi connectivity index (χ1n) is 17.2. The van der Waals surface area contributed by atoms with Crippen molar-refractivity contribution in [3.05, 3.63) is 45.8 Å². The number of azide groups is 1. The van der Waals surface area contributed by atoms with Crippen molar-refractivity contribution < 1.29 is 38.7 Å². The predicted molar refractivity (Wildman–Crippen MR) is 173 cm³/mol. The number of aliphatic hydroxyl groups excluding tert-OH is 2. The number of carbonyl (C=O) groups excluding carboxylic acids is 2. The number of hydrogen-bond donors (Lipinski definition) is 2. The maximum absolute atomic E-state index is 13.2. The van der Waals surface area contributed by atoms with Crippen molar-refractivity contribution in [1.29, 1.82) is 0 Å². The van der Waals surface area contributed by atoms with Gasteiger partial charge in [-0.1, -0.05) is 108 Å². The van der Waals surface area contributed by atoms with Gasteiger partial charge in [-0.15, -0.1) is 0 Å². The first-order chi connectivity index (χ1) is 22.4. The first kappa shape index (κ1) is 37.9. The molecular formula is C34H54N4O8. The van der Waals surface area contributed by atoms with Gasteiger partial charge in [-0.2, -0.15) is 0 Å². The molecule has 0 bridgehead atoms. The first-order valence-corrected chi connectivity index (χ1v) is 17.2. The number of ether oxygens (including phenoxy) is 4. The second kappa shape index (κ2) is 21.3. The highest BCUT2D eigenvalue weighted by Gasteiger charge is 2.53. The molecule has 12 heteroatoms. The lowest BCUT2D eigenvalue weighted by Crippen LogP contribution is -2.65. The van der Waals surface area contributed by atoms with Crippen LogP contribution in [0.25, 0.3) is 10.4 Å². The van der Waals surface area contributed by atoms with Crippen molar-refractivity contribution in [3.63, 3.8) is 0 Å². The number of aliphatic hydroxyl groups is 2. The molecule has 0 aromatic heterocycles. The summed E-state index contributed by atoms with van der Waals surface area (Å²) in [6, 6.07) is 4.99. The van der Waals surface area contributed by atoms with Gasteiger partial charge >= 0.3 is 0 Å². The molecular weight excluding hydrogens is 592 g/mol. The van der Waals surface area contributed by atoms with Gasteiger partial charge in [-0.3, -0.25) is 14.5 Å². The summed E-state index contributed by atoms with van der Waals surface area (Å²) in [4.78, 5) is 30.0. The molecule has 0 spiro atoms. The molecule has 1 aromatic rings. The standard InChI is InChI=1S/C34H54N4O8/c1-3-4-5-6-7-8-9-10-11-12-13-14-15-18-21-44-23-25(43-2)24-45-34-29(31(40)30(39)28(46-34)22-36-37-35)38-32(41)26-19-16-17-20-27(26)33(38)42/h16-17,19-20,25,28-31,34,39-40H,3-15,18,21-24H2,1-2H3/t25?,28?,29?,30-,31-,34-/m1/s1. The highest BCUT2D eigenvalue weighted by atomic mass is 16.7. The lowest BCUT2D eigenvalue weighted by Gasteiger charge is -2.45. The average molecular weight is 647 g/mol. The lowest BCUT2D eigenvalue weighted by atomic mass is 9.95. The number of rotatable bonds is 24. The van der Waals surface area contributed by atoms with Gasteiger partial charge in [0.25, 0.3) is 11.8 Å². The lowest BCUT2D eigenvalue weighted by molar-refractivity contribution is -0.277. The smallest absolute Gasteiger partial charge is 0.262 e. The molecule has 258 valence electrons. The number of nitrogens with zero attached hydrogens (tertiary/aromatic N) is 4. The minimum Gasteiger partial charge on any atom is -0.388 e. The Balaban J connectivity index is 1.40. The van der Waals surface area contributed by atoms with Crippen LogP contribution in [0.3, 0.4) is 0 Å². The number of hydrogen-bond acceptors (Lipinski definition) is 9. The largest absolute Gasteiger partial charge is 0.388 e. The Labute approximate surface area is 273 Å². The number of carbonyl (C=O) groups is 2. The fourth-order valence-corrected chi connectivity index (χ4v) is 6.08. The molecule has 0 aliphatic carbocycles. The Kier molecular flexibility index (Phi) is 17.6. The number of unbranched alkanes of at least 4 members (excludes halogenated alkanes) is 13. The van der Waals surface area contributed by atoms with Crippen molar-refractivity contribution in [2.24, 2.45) is 5.11 Å². The third-order valence-corrected chi connectivity index (χ3v) is 8.84. The van der Waals surface area contributed by atoms with Crippen LogP contribution in [0.1, 0.15) is 118 Å². The quantitative estimate of drug-likeness (QED) is 0.0458. The van der Waals surface area contributed by atoms with Crippen molar-refractivity contribution >= 4 is 11.8 Å². The number of fused-ring (bicyclic) bond motifs is 1. The third kappa shape index (κ3) is 11.3. The Bertz CT molecular complexity index is 1070. The van der Waals surface area contributed by atoms with Gasteiger partial charge in [0.2, 0.25) is 0 Å². The zero-order valence-corrected chi connectivity index (χ0v) is 27.6. The molecule has 2 aliphatic heterocycles. The number of imide groups is 1. The molecule has 2 amide bonds. The van der Waals surface area contributed by atoms with E-state index in [4.69, 9.17) is 24.5 Å². The topological polar surface area (TPSA) is 164 Å². The van der Waals surface area contributed by atoms with Crippen molar-refractivity contribution in [2.45, 2.75) is 134 Å². The van der Waals surface area contributed by atoms with Crippen LogP contribution >= 0.6 is 0 Å². The maximum atomic E-state index is 13.2. The fourth-order valence-electron chi connectivity index (χ4n) is 6.08. The van der Waals surface area contributed by atoms with E-state index in [1.165, 1.54) is 96.3 Å². The Morgan fingerprint density at radius 2 is 1.41 bits per heavy atom. The number of benzene rings is 1. The zero-order chi connectivity index (χ0) is 33.1. The molecule has 3 rings (SSSR count). The summed E-state index contributed by atoms with van der Waals surface area (Å²) in [6.07, 6.45) is 12.0. The van der Waals surface area contributed by atoms with E-state index in [2.05, 4.69) is 16.9 Å². The summed E-state index contributed by atoms with van der Waals surface area (Å²) in [7, 11) is 1.52. The average Bonchev–Trinajstić information content (AvgIpc) is 3.32. The molecule has 2 aliphatic rings. The van der Waals surface area contributed by atoms with E-state index in [0.717, 1.165) is 17.7 Å². The molecule has 2 N–H and O–H groups in total. The molecule has 12 nitrogen and oxygen atoms in total. The van der Waals surface area contributed by atoms with Gasteiger partial charge in [-0.05, 0) is 24.1 Å². The minimum absolute atomic E-state index is 0.0311. The van der Waals surface area contributed by atoms with Gasteiger partial charge < -0.3 is 29.2 Å². The zero-order valence-electron chi connectivity index (χ0n) is 27.6. The number of amides is 2. The van der Waals surface area contributed by atoms with Crippen LogP contribution in [0.15, 0.2) is 29.4 Å². The predicted octanol–water partition coefficient (Wildman–Crippen LogP) is 5.94. The molecule has 1 fully saturated rings. The van der Waals surface area contributed by atoms with Crippen LogP contribution in [0.4, 0.5) is 0 Å². The molecule has 0 radical (unpaired) electrons. The van der Waals surface area contributed by atoms with Crippen molar-refractivity contribution in [3.8, 4) is 0 Å². The van der Waals surface area contributed by atoms with Gasteiger partial charge in [0.15, 0.2) is 6.29 Å². The highest BCUT2D eigenvalue weighted by molar-refractivity contribution is 6.21. The van der Waals surface area contributed by atoms with Crippen molar-refractivity contribution in [2.75, 3.05) is 33.5 Å². The molecule has 6 atom stereocenters. The van der Waals surface area contributed by atoms with Gasteiger partial charge in [0, 0.05) is 18.6 Å². The summed E-state index contributed by atoms with van der Waals surface area (Å²) < 4.78 is 23.2. The Hall–Kier alpha value is -2.57. The molecule has 2 heterocycles. The van der Waals surface area contributed by atoms with Crippen LogP contribution < -0.4 is 0 Å². The minimum atomic E-state index is -1.61. The van der Waals surface area contributed by atoms with Crippen molar-refractivity contribution in [1.82, 2.24) is 4.90 Å². The third-order valence-electron chi connectivity index (χ3n) is 8.84. The normalized spacial score (nSPS) is 23.4. The highest BCUT2D eigenvalue weighted by Crippen LogP contribution is 2.33. The summed E-state index contributed by atoms with van der Waals surface area (Å²) in [6.45, 7) is 2.79. The second-order valence-corrected chi connectivity index (χ2v) is 12.3. The molecule has 0 saturated carbocycles. The van der Waals surface area contributed by atoms with Crippen LogP contribution in [-0.2, 0) is 18.9 Å². The van der Waals surface area contributed by atoms with E-state index >= 15 is 0 Å². The van der Waals surface area contributed by atoms with E-state index in [9.17, 15) is 19.8 Å². The SMILES string of the molecule is CCCCCCCCCCCCCCCCOCC(CO[C@@H]1OC(CN=[N+]=[N-])[C@@H](O)[C@H](O)C1N1C(=O)c2ccccc2C1=O)OC. The van der Waals surface area contributed by atoms with Crippen LogP contribution in [0.2, 0.25) is 0 Å². The second-order valence-electron chi connectivity index (χ2n) is 12.3. The van der Waals surface area contributed by atoms with Crippen LogP contribution in [0.5, 0.6) is 0 Å². The van der Waals surface area contributed by atoms with E-state index in [0.29, 0.717) is 6.61 Å². The van der Waals surface area contributed by atoms with E-state index in [1.54, 1.807) is 12.1 Å². The molecule has 46 heavy (non-hydrogen) atoms. The van der Waals surface area contributed by atoms with E-state index in [1.807, 2.05) is 0 Å². The van der Waals surface area contributed by atoms with Gasteiger partial charge in [-0.25, -0.2) is 0 Å². The monoisotopic (exact) mass is 646 g/mol. The summed E-state index contributed by atoms with van der Waals surface area (Å²) in [5, 5.41) is 25.3. The number of methoxy groups -OCH3 is 1. The summed E-state index contributed by atoms with van der Waals surface area (Å²) in [5.41, 5.74) is 9.13. The van der Waals surface area contributed by atoms with Gasteiger partial charge in [0.05, 0.1) is 37.0 Å². The van der Waals surface area contributed by atoms with E-state index in [-0.39, 0.29) is 30.9 Å². The molecule has 1 aromatic carbocycles. The Morgan fingerprint density at radius 3 is 1.93 bits per heavy atom. The van der Waals surface area contributed by atoms with Gasteiger partial charge in [0.1, 0.15) is 24.4 Å². The maximum Gasteiger partial charge on any atom is 0.262 e.